The van der Waals surface area contributed by atoms with Gasteiger partial charge in [-0.3, -0.25) is 24.3 Å². The molecule has 2 heterocycles. The van der Waals surface area contributed by atoms with Crippen molar-refractivity contribution >= 4 is 28.3 Å². The summed E-state index contributed by atoms with van der Waals surface area (Å²) >= 11 is 0. The largest absolute Gasteiger partial charge is 0.322 e. The van der Waals surface area contributed by atoms with Crippen molar-refractivity contribution < 1.29 is 18.5 Å². The number of anilines is 1. The number of hydrogen-bond donors (Lipinski definition) is 1. The van der Waals surface area contributed by atoms with Crippen LogP contribution in [0.4, 0.5) is 20.2 Å². The summed E-state index contributed by atoms with van der Waals surface area (Å²) in [7, 11) is 0. The molecular weight excluding hydrogens is 422 g/mol. The van der Waals surface area contributed by atoms with Gasteiger partial charge >= 0.3 is 5.69 Å². The summed E-state index contributed by atoms with van der Waals surface area (Å²) in [5.41, 5.74) is -1.40. The first kappa shape index (κ1) is 20.8. The van der Waals surface area contributed by atoms with Gasteiger partial charge in [-0.15, -0.1) is 0 Å². The van der Waals surface area contributed by atoms with Gasteiger partial charge in [0.2, 0.25) is 5.82 Å². The fourth-order valence-electron chi connectivity index (χ4n) is 3.24. The standard InChI is InChI=1S/C22H14F2N4O4/c23-17-6-2-1-4-14(17)12-27-20-13(5-3-9-25-20)10-16(22(27)30)21(29)26-15-7-8-18(24)19(11-15)28(31)32/h1-11H,12H2,(H,26,29). The minimum absolute atomic E-state index is 0.0607. The van der Waals surface area contributed by atoms with Gasteiger partial charge in [0.1, 0.15) is 17.0 Å². The number of carbonyl (C=O) groups is 1. The SMILES string of the molecule is O=C(Nc1ccc(F)c([N+](=O)[O-])c1)c1cc2cccnc2n(Cc2ccccc2F)c1=O. The van der Waals surface area contributed by atoms with Crippen molar-refractivity contribution in [2.24, 2.45) is 0 Å². The number of halogens is 2. The molecule has 32 heavy (non-hydrogen) atoms. The zero-order chi connectivity index (χ0) is 22.8. The van der Waals surface area contributed by atoms with E-state index in [1.54, 1.807) is 18.2 Å². The number of nitro benzene ring substituents is 1. The molecular formula is C22H14F2N4O4. The van der Waals surface area contributed by atoms with Crippen LogP contribution in [-0.2, 0) is 6.54 Å². The number of benzene rings is 2. The molecule has 160 valence electrons. The maximum atomic E-state index is 14.2. The molecule has 10 heteroatoms. The Balaban J connectivity index is 1.78. The van der Waals surface area contributed by atoms with Gasteiger partial charge in [-0.1, -0.05) is 18.2 Å². The van der Waals surface area contributed by atoms with Crippen LogP contribution in [0.5, 0.6) is 0 Å². The number of rotatable bonds is 5. The lowest BCUT2D eigenvalue weighted by Crippen LogP contribution is -2.30. The third-order valence-corrected chi connectivity index (χ3v) is 4.78. The first-order valence-electron chi connectivity index (χ1n) is 9.32. The number of nitrogens with one attached hydrogen (secondary N) is 1. The highest BCUT2D eigenvalue weighted by atomic mass is 19.1. The number of hydrogen-bond acceptors (Lipinski definition) is 5. The van der Waals surface area contributed by atoms with Crippen LogP contribution >= 0.6 is 0 Å². The highest BCUT2D eigenvalue weighted by Gasteiger charge is 2.20. The van der Waals surface area contributed by atoms with Gasteiger partial charge in [0, 0.05) is 28.9 Å². The topological polar surface area (TPSA) is 107 Å². The van der Waals surface area contributed by atoms with E-state index in [2.05, 4.69) is 10.3 Å². The second-order valence-corrected chi connectivity index (χ2v) is 6.83. The number of pyridine rings is 2. The van der Waals surface area contributed by atoms with Gasteiger partial charge in [0.25, 0.3) is 11.5 Å². The van der Waals surface area contributed by atoms with Crippen molar-refractivity contribution in [3.8, 4) is 0 Å². The molecule has 0 bridgehead atoms. The van der Waals surface area contributed by atoms with Crippen molar-refractivity contribution in [3.63, 3.8) is 0 Å². The summed E-state index contributed by atoms with van der Waals surface area (Å²) in [6.07, 6.45) is 1.47. The van der Waals surface area contributed by atoms with E-state index in [9.17, 15) is 28.5 Å². The first-order chi connectivity index (χ1) is 15.3. The number of amides is 1. The summed E-state index contributed by atoms with van der Waals surface area (Å²) in [4.78, 5) is 40.2. The fourth-order valence-corrected chi connectivity index (χ4v) is 3.24. The average Bonchev–Trinajstić information content (AvgIpc) is 2.77. The van der Waals surface area contributed by atoms with Gasteiger partial charge in [-0.05, 0) is 36.4 Å². The monoisotopic (exact) mass is 436 g/mol. The molecule has 0 aliphatic carbocycles. The van der Waals surface area contributed by atoms with Gasteiger partial charge in [0.15, 0.2) is 0 Å². The Morgan fingerprint density at radius 2 is 1.84 bits per heavy atom. The molecule has 2 aromatic carbocycles. The van der Waals surface area contributed by atoms with Crippen LogP contribution in [0.1, 0.15) is 15.9 Å². The maximum Gasteiger partial charge on any atom is 0.306 e. The molecule has 0 saturated carbocycles. The number of nitro groups is 1. The van der Waals surface area contributed by atoms with Crippen LogP contribution < -0.4 is 10.9 Å². The Morgan fingerprint density at radius 3 is 2.59 bits per heavy atom. The highest BCUT2D eigenvalue weighted by Crippen LogP contribution is 2.22. The Labute approximate surface area is 178 Å². The fraction of sp³-hybridized carbons (Fsp3) is 0.0455. The molecule has 1 amide bonds. The number of aromatic nitrogens is 2. The third-order valence-electron chi connectivity index (χ3n) is 4.78. The lowest BCUT2D eigenvalue weighted by Gasteiger charge is -2.13. The van der Waals surface area contributed by atoms with Crippen molar-refractivity contribution in [2.45, 2.75) is 6.54 Å². The molecule has 0 aliphatic heterocycles. The molecule has 8 nitrogen and oxygen atoms in total. The summed E-state index contributed by atoms with van der Waals surface area (Å²) in [6, 6.07) is 13.3. The van der Waals surface area contributed by atoms with E-state index in [1.807, 2.05) is 0 Å². The maximum absolute atomic E-state index is 14.2. The van der Waals surface area contributed by atoms with Crippen LogP contribution in [0.3, 0.4) is 0 Å². The van der Waals surface area contributed by atoms with Crippen molar-refractivity contribution in [1.82, 2.24) is 9.55 Å². The Hall–Kier alpha value is -4.47. The van der Waals surface area contributed by atoms with Crippen LogP contribution in [0, 0.1) is 21.7 Å². The summed E-state index contributed by atoms with van der Waals surface area (Å²) in [5, 5.41) is 13.8. The average molecular weight is 436 g/mol. The van der Waals surface area contributed by atoms with Crippen molar-refractivity contribution in [3.05, 3.63) is 110 Å². The van der Waals surface area contributed by atoms with E-state index >= 15 is 0 Å². The Kier molecular flexibility index (Phi) is 5.42. The van der Waals surface area contributed by atoms with Crippen molar-refractivity contribution in [1.29, 1.82) is 0 Å². The van der Waals surface area contributed by atoms with Gasteiger partial charge < -0.3 is 5.32 Å². The number of nitrogens with zero attached hydrogens (tertiary/aromatic N) is 3. The molecule has 2 aromatic heterocycles. The zero-order valence-electron chi connectivity index (χ0n) is 16.3. The Morgan fingerprint density at radius 1 is 1.06 bits per heavy atom. The van der Waals surface area contributed by atoms with Gasteiger partial charge in [-0.25, -0.2) is 9.37 Å². The molecule has 0 spiro atoms. The highest BCUT2D eigenvalue weighted by molar-refractivity contribution is 6.05. The zero-order valence-corrected chi connectivity index (χ0v) is 16.3. The molecule has 0 aliphatic rings. The second-order valence-electron chi connectivity index (χ2n) is 6.83. The van der Waals surface area contributed by atoms with Crippen LogP contribution in [0.2, 0.25) is 0 Å². The van der Waals surface area contributed by atoms with Crippen LogP contribution in [0.15, 0.2) is 71.7 Å². The quantitative estimate of drug-likeness (QED) is 0.377. The molecule has 0 radical (unpaired) electrons. The summed E-state index contributed by atoms with van der Waals surface area (Å²) < 4.78 is 28.9. The lowest BCUT2D eigenvalue weighted by atomic mass is 10.1. The summed E-state index contributed by atoms with van der Waals surface area (Å²) in [5.74, 6) is -2.43. The van der Waals surface area contributed by atoms with Gasteiger partial charge in [-0.2, -0.15) is 4.39 Å². The van der Waals surface area contributed by atoms with E-state index in [0.29, 0.717) is 5.39 Å². The van der Waals surface area contributed by atoms with Crippen molar-refractivity contribution in [2.75, 3.05) is 5.32 Å². The van der Waals surface area contributed by atoms with E-state index in [-0.39, 0.29) is 29.0 Å². The van der Waals surface area contributed by atoms with E-state index in [1.165, 1.54) is 35.0 Å². The van der Waals surface area contributed by atoms with Crippen LogP contribution in [0.25, 0.3) is 11.0 Å². The predicted molar refractivity (Wildman–Crippen MR) is 113 cm³/mol. The molecule has 0 saturated heterocycles. The normalized spacial score (nSPS) is 10.8. The molecule has 4 aromatic rings. The molecule has 1 N–H and O–H groups in total. The molecule has 0 atom stereocenters. The van der Waals surface area contributed by atoms with Crippen LogP contribution in [-0.4, -0.2) is 20.4 Å². The van der Waals surface area contributed by atoms with E-state index in [4.69, 9.17) is 0 Å². The molecule has 4 rings (SSSR count). The smallest absolute Gasteiger partial charge is 0.306 e. The molecule has 0 unspecified atom stereocenters. The second kappa shape index (κ2) is 8.34. The summed E-state index contributed by atoms with van der Waals surface area (Å²) in [6.45, 7) is -0.165. The van der Waals surface area contributed by atoms with Gasteiger partial charge in [0.05, 0.1) is 11.5 Å². The number of fused-ring (bicyclic) bond motifs is 1. The number of carbonyl (C=O) groups excluding carboxylic acids is 1. The Bertz CT molecular complexity index is 1440. The molecule has 0 fully saturated rings. The minimum Gasteiger partial charge on any atom is -0.322 e. The predicted octanol–water partition coefficient (Wildman–Crippen LogP) is 3.88. The first-order valence-corrected chi connectivity index (χ1v) is 9.32. The minimum atomic E-state index is -1.06. The van der Waals surface area contributed by atoms with E-state index in [0.717, 1.165) is 18.2 Å². The third kappa shape index (κ3) is 3.93. The lowest BCUT2D eigenvalue weighted by molar-refractivity contribution is -0.387. The van der Waals surface area contributed by atoms with E-state index < -0.39 is 33.7 Å².